The van der Waals surface area contributed by atoms with Gasteiger partial charge >= 0.3 is 69.4 Å². The summed E-state index contributed by atoms with van der Waals surface area (Å²) < 4.78 is 6.31. The van der Waals surface area contributed by atoms with Crippen LogP contribution in [-0.4, -0.2) is 29.3 Å². The summed E-state index contributed by atoms with van der Waals surface area (Å²) >= 11 is 2.00. The fourth-order valence-electron chi connectivity index (χ4n) is 0.688. The molecule has 10 heavy (non-hydrogen) atoms. The predicted octanol–water partition coefficient (Wildman–Crippen LogP) is 0.274. The average molecular weight is 129 g/mol. The van der Waals surface area contributed by atoms with Crippen molar-refractivity contribution < 1.29 is 4.74 Å². The molecule has 0 amide bonds. The zero-order valence-corrected chi connectivity index (χ0v) is 6.29. The third kappa shape index (κ3) is 2.06. The molecule has 0 radical (unpaired) electrons. The number of rotatable bonds is 2. The van der Waals surface area contributed by atoms with Crippen LogP contribution in [0.3, 0.4) is 0 Å². The SMILES string of the molecule is [Li][c]1ccc(OCC)nc1. The topological polar surface area (TPSA) is 22.1 Å². The summed E-state index contributed by atoms with van der Waals surface area (Å²) in [4.78, 5) is 4.05. The molecule has 0 aliphatic rings. The van der Waals surface area contributed by atoms with Crippen LogP contribution in [-0.2, 0) is 0 Å². The van der Waals surface area contributed by atoms with Gasteiger partial charge in [0.1, 0.15) is 0 Å². The Kier molecular flexibility index (Phi) is 2.79. The maximum absolute atomic E-state index is 5.15. The van der Waals surface area contributed by atoms with Crippen LogP contribution >= 0.6 is 0 Å². The molecule has 0 atom stereocenters. The van der Waals surface area contributed by atoms with Crippen molar-refractivity contribution in [3.8, 4) is 5.88 Å². The first kappa shape index (κ1) is 7.65. The van der Waals surface area contributed by atoms with Gasteiger partial charge in [0.05, 0.1) is 0 Å². The molecule has 1 rings (SSSR count). The van der Waals surface area contributed by atoms with Crippen LogP contribution in [0.1, 0.15) is 6.92 Å². The fraction of sp³-hybridized carbons (Fsp3) is 0.286. The summed E-state index contributed by atoms with van der Waals surface area (Å²) in [5, 5.41) is 0. The number of aromatic nitrogens is 1. The van der Waals surface area contributed by atoms with Crippen LogP contribution in [0.15, 0.2) is 18.3 Å². The van der Waals surface area contributed by atoms with E-state index in [4.69, 9.17) is 4.74 Å². The monoisotopic (exact) mass is 129 g/mol. The minimum atomic E-state index is 0.677. The summed E-state index contributed by atoms with van der Waals surface area (Å²) in [6.07, 6.45) is 1.80. The van der Waals surface area contributed by atoms with Crippen molar-refractivity contribution in [1.29, 1.82) is 0 Å². The Bertz CT molecular complexity index is 197. The van der Waals surface area contributed by atoms with E-state index in [1.54, 1.807) is 6.20 Å². The van der Waals surface area contributed by atoms with E-state index in [1.165, 1.54) is 0 Å². The summed E-state index contributed by atoms with van der Waals surface area (Å²) in [6.45, 7) is 2.62. The number of pyridine rings is 1. The van der Waals surface area contributed by atoms with Gasteiger partial charge in [-0.05, 0) is 0 Å². The Labute approximate surface area is 69.8 Å². The van der Waals surface area contributed by atoms with Crippen LogP contribution in [0, 0.1) is 0 Å². The third-order valence-electron chi connectivity index (χ3n) is 1.18. The Balaban J connectivity index is 2.69. The van der Waals surface area contributed by atoms with Gasteiger partial charge in [-0.1, -0.05) is 0 Å². The standard InChI is InChI=1S/C7H8NO.Li/c1-2-9-7-5-3-4-6-8-7;/h3,5-6H,2H2,1H3;. The zero-order chi connectivity index (χ0) is 7.40. The number of hydrogen-bond donors (Lipinski definition) is 0. The van der Waals surface area contributed by atoms with E-state index in [0.29, 0.717) is 12.5 Å². The van der Waals surface area contributed by atoms with Gasteiger partial charge < -0.3 is 0 Å². The molecule has 48 valence electrons. The fourth-order valence-corrected chi connectivity index (χ4v) is 0.688. The van der Waals surface area contributed by atoms with Crippen molar-refractivity contribution in [3.63, 3.8) is 0 Å². The molecule has 0 aliphatic carbocycles. The molecule has 0 aromatic carbocycles. The molecule has 0 aliphatic heterocycles. The Morgan fingerprint density at radius 1 is 1.60 bits per heavy atom. The van der Waals surface area contributed by atoms with Gasteiger partial charge in [0.2, 0.25) is 0 Å². The van der Waals surface area contributed by atoms with Crippen molar-refractivity contribution in [1.82, 2.24) is 4.98 Å². The average Bonchev–Trinajstić information content (AvgIpc) is 1.95. The number of nitrogens with zero attached hydrogens (tertiary/aromatic N) is 1. The predicted molar refractivity (Wildman–Crippen MR) is 40.8 cm³/mol. The normalized spacial score (nSPS) is 9.50. The van der Waals surface area contributed by atoms with Crippen LogP contribution in [0.25, 0.3) is 0 Å². The van der Waals surface area contributed by atoms with E-state index >= 15 is 0 Å². The molecule has 1 aromatic rings. The second kappa shape index (κ2) is 3.65. The Morgan fingerprint density at radius 3 is 2.90 bits per heavy atom. The molecule has 1 aromatic heterocycles. The molecule has 0 spiro atoms. The summed E-state index contributed by atoms with van der Waals surface area (Å²) in [5.41, 5.74) is 0. The van der Waals surface area contributed by atoms with Crippen LogP contribution in [0.2, 0.25) is 0 Å². The Morgan fingerprint density at radius 2 is 2.40 bits per heavy atom. The summed E-state index contributed by atoms with van der Waals surface area (Å²) in [7, 11) is 0. The number of ether oxygens (including phenoxy) is 1. The van der Waals surface area contributed by atoms with Crippen LogP contribution in [0.4, 0.5) is 0 Å². The van der Waals surface area contributed by atoms with E-state index in [1.807, 2.05) is 36.8 Å². The summed E-state index contributed by atoms with van der Waals surface area (Å²) in [6, 6.07) is 3.86. The Hall–Kier alpha value is -0.453. The minimum absolute atomic E-state index is 0.677. The van der Waals surface area contributed by atoms with E-state index < -0.39 is 0 Å². The van der Waals surface area contributed by atoms with Gasteiger partial charge in [-0.3, -0.25) is 0 Å². The quantitative estimate of drug-likeness (QED) is 0.535. The van der Waals surface area contributed by atoms with E-state index in [-0.39, 0.29) is 0 Å². The first-order chi connectivity index (χ1) is 4.83. The van der Waals surface area contributed by atoms with Gasteiger partial charge in [0.25, 0.3) is 0 Å². The molecule has 1 heterocycles. The van der Waals surface area contributed by atoms with E-state index in [9.17, 15) is 0 Å². The van der Waals surface area contributed by atoms with Gasteiger partial charge in [-0.2, -0.15) is 0 Å². The molecule has 0 saturated heterocycles. The van der Waals surface area contributed by atoms with Crippen LogP contribution in [0.5, 0.6) is 5.88 Å². The van der Waals surface area contributed by atoms with Crippen molar-refractivity contribution >= 4 is 22.0 Å². The molecule has 0 bridgehead atoms. The van der Waals surface area contributed by atoms with Crippen molar-refractivity contribution in [2.45, 2.75) is 6.92 Å². The van der Waals surface area contributed by atoms with Gasteiger partial charge in [-0.25, -0.2) is 0 Å². The van der Waals surface area contributed by atoms with Gasteiger partial charge in [0, 0.05) is 0 Å². The first-order valence-corrected chi connectivity index (χ1v) is 3.38. The van der Waals surface area contributed by atoms with Gasteiger partial charge in [-0.15, -0.1) is 0 Å². The molecule has 0 fully saturated rings. The zero-order valence-electron chi connectivity index (χ0n) is 6.29. The van der Waals surface area contributed by atoms with Crippen molar-refractivity contribution in [2.24, 2.45) is 0 Å². The summed E-state index contributed by atoms with van der Waals surface area (Å²) in [5.74, 6) is 0.702. The molecule has 2 nitrogen and oxygen atoms in total. The van der Waals surface area contributed by atoms with Crippen molar-refractivity contribution in [2.75, 3.05) is 6.61 Å². The molecular weight excluding hydrogens is 121 g/mol. The second-order valence-electron chi connectivity index (χ2n) is 2.11. The molecule has 0 unspecified atom stereocenters. The molecule has 0 N–H and O–H groups in total. The van der Waals surface area contributed by atoms with Crippen molar-refractivity contribution in [3.05, 3.63) is 18.3 Å². The van der Waals surface area contributed by atoms with E-state index in [2.05, 4.69) is 4.98 Å². The third-order valence-corrected chi connectivity index (χ3v) is 1.18. The maximum atomic E-state index is 5.15. The first-order valence-electron chi connectivity index (χ1n) is 3.38. The molecular formula is C7H8LiNO. The second-order valence-corrected chi connectivity index (χ2v) is 2.11. The van der Waals surface area contributed by atoms with E-state index in [0.717, 1.165) is 4.24 Å². The number of hydrogen-bond acceptors (Lipinski definition) is 2. The van der Waals surface area contributed by atoms with Crippen LogP contribution < -0.4 is 8.97 Å². The molecule has 3 heteroatoms. The molecule has 0 saturated carbocycles. The van der Waals surface area contributed by atoms with Gasteiger partial charge in [0.15, 0.2) is 0 Å².